The van der Waals surface area contributed by atoms with Crippen LogP contribution in [0.3, 0.4) is 0 Å². The molecule has 0 aliphatic heterocycles. The van der Waals surface area contributed by atoms with Crippen LogP contribution < -0.4 is 4.72 Å². The number of carboxylic acid groups (broad SMARTS) is 1. The molecule has 1 heterocycles. The number of rotatable bonds is 6. The van der Waals surface area contributed by atoms with E-state index >= 15 is 0 Å². The number of halogens is 3. The number of aliphatic carboxylic acids is 1. The molecule has 3 aromatic rings. The van der Waals surface area contributed by atoms with Crippen molar-refractivity contribution in [2.45, 2.75) is 30.0 Å². The zero-order valence-electron chi connectivity index (χ0n) is 17.0. The highest BCUT2D eigenvalue weighted by atomic mass is 32.2. The van der Waals surface area contributed by atoms with Gasteiger partial charge in [-0.1, -0.05) is 30.3 Å². The van der Waals surface area contributed by atoms with E-state index in [1.54, 1.807) is 35.7 Å². The van der Waals surface area contributed by atoms with E-state index in [2.05, 4.69) is 4.72 Å². The predicted molar refractivity (Wildman–Crippen MR) is 119 cm³/mol. The molecule has 1 aromatic heterocycles. The second-order valence-corrected chi connectivity index (χ2v) is 10.2. The molecule has 2 aromatic carbocycles. The van der Waals surface area contributed by atoms with Gasteiger partial charge in [0.15, 0.2) is 0 Å². The Kier molecular flexibility index (Phi) is 6.17. The van der Waals surface area contributed by atoms with Gasteiger partial charge in [-0.15, -0.1) is 11.3 Å². The van der Waals surface area contributed by atoms with Crippen molar-refractivity contribution in [3.05, 3.63) is 82.2 Å². The number of carboxylic acids is 1. The predicted octanol–water partition coefficient (Wildman–Crippen LogP) is 4.98. The molecular weight excluding hydrogens is 475 g/mol. The number of alkyl halides is 3. The molecule has 0 amide bonds. The third-order valence-corrected chi connectivity index (χ3v) is 7.78. The van der Waals surface area contributed by atoms with E-state index in [1.165, 1.54) is 23.5 Å². The number of benzene rings is 2. The maximum atomic E-state index is 13.8. The Hall–Kier alpha value is -2.95. The number of nitrogens with one attached hydrogen (secondary N) is 1. The van der Waals surface area contributed by atoms with Crippen molar-refractivity contribution in [3.63, 3.8) is 0 Å². The van der Waals surface area contributed by atoms with Crippen molar-refractivity contribution in [3.8, 4) is 10.4 Å². The molecule has 1 atom stereocenters. The summed E-state index contributed by atoms with van der Waals surface area (Å²) in [5.41, 5.74) is 1.41. The number of hydrogen-bond donors (Lipinski definition) is 2. The lowest BCUT2D eigenvalue weighted by molar-refractivity contribution is -0.139. The minimum Gasteiger partial charge on any atom is -0.478 e. The molecule has 172 valence electrons. The Morgan fingerprint density at radius 1 is 1.09 bits per heavy atom. The van der Waals surface area contributed by atoms with Gasteiger partial charge in [0.05, 0.1) is 10.5 Å². The summed E-state index contributed by atoms with van der Waals surface area (Å²) >= 11 is 1.26. The monoisotopic (exact) mass is 493 g/mol. The van der Waals surface area contributed by atoms with E-state index < -0.39 is 38.7 Å². The molecule has 1 aliphatic rings. The first-order valence-electron chi connectivity index (χ1n) is 9.83. The summed E-state index contributed by atoms with van der Waals surface area (Å²) in [7, 11) is -4.45. The molecule has 1 unspecified atom stereocenters. The maximum absolute atomic E-state index is 13.8. The summed E-state index contributed by atoms with van der Waals surface area (Å²) in [6.07, 6.45) is -1.81. The number of carbonyl (C=O) groups is 1. The Bertz CT molecular complexity index is 1330. The Labute approximate surface area is 192 Å². The molecule has 1 aliphatic carbocycles. The first-order valence-corrected chi connectivity index (χ1v) is 12.2. The van der Waals surface area contributed by atoms with Crippen LogP contribution in [0.5, 0.6) is 0 Å². The SMILES string of the molecule is O=C(O)/C=C/c1ccc2c(c1)CC(NS(=O)(=O)c1ccc(-c3cccs3)cc1C(F)(F)F)C2. The first-order chi connectivity index (χ1) is 15.5. The van der Waals surface area contributed by atoms with Crippen molar-refractivity contribution in [1.29, 1.82) is 0 Å². The average Bonchev–Trinajstić information content (AvgIpc) is 3.40. The fraction of sp³-hybridized carbons (Fsp3) is 0.174. The van der Waals surface area contributed by atoms with Crippen molar-refractivity contribution >= 4 is 33.4 Å². The zero-order valence-corrected chi connectivity index (χ0v) is 18.6. The van der Waals surface area contributed by atoms with Crippen LogP contribution in [0, 0.1) is 0 Å². The van der Waals surface area contributed by atoms with Gasteiger partial charge in [0.25, 0.3) is 0 Å². The smallest absolute Gasteiger partial charge is 0.417 e. The minimum atomic E-state index is -4.85. The van der Waals surface area contributed by atoms with E-state index in [0.29, 0.717) is 22.4 Å². The van der Waals surface area contributed by atoms with E-state index in [4.69, 9.17) is 5.11 Å². The number of hydrogen-bond acceptors (Lipinski definition) is 4. The second kappa shape index (κ2) is 8.77. The maximum Gasteiger partial charge on any atom is 0.417 e. The highest BCUT2D eigenvalue weighted by Crippen LogP contribution is 2.38. The normalized spacial score (nSPS) is 16.3. The Morgan fingerprint density at radius 2 is 1.85 bits per heavy atom. The molecule has 0 bridgehead atoms. The molecular formula is C23H18F3NO4S2. The number of fused-ring (bicyclic) bond motifs is 1. The lowest BCUT2D eigenvalue weighted by atomic mass is 10.1. The van der Waals surface area contributed by atoms with Gasteiger partial charge in [0.2, 0.25) is 10.0 Å². The summed E-state index contributed by atoms with van der Waals surface area (Å²) in [6, 6.07) is 11.2. The molecule has 0 saturated carbocycles. The summed E-state index contributed by atoms with van der Waals surface area (Å²) < 4.78 is 69.6. The van der Waals surface area contributed by atoms with Crippen LogP contribution in [0.2, 0.25) is 0 Å². The molecule has 0 radical (unpaired) electrons. The molecule has 5 nitrogen and oxygen atoms in total. The number of thiophene rings is 1. The van der Waals surface area contributed by atoms with Gasteiger partial charge in [-0.2, -0.15) is 13.2 Å². The standard InChI is InChI=1S/C23H18F3NO4S2/c24-23(25,26)19-13-16(20-2-1-9-32-20)6-7-21(19)33(30,31)27-18-11-15-5-3-14(4-8-22(28)29)10-17(15)12-18/h1-10,13,18,27H,11-12H2,(H,28,29)/b8-4+. The molecule has 4 rings (SSSR count). The highest BCUT2D eigenvalue weighted by Gasteiger charge is 2.38. The van der Waals surface area contributed by atoms with E-state index in [-0.39, 0.29) is 6.42 Å². The lowest BCUT2D eigenvalue weighted by Gasteiger charge is -2.17. The summed E-state index contributed by atoms with van der Waals surface area (Å²) in [6.45, 7) is 0. The number of sulfonamides is 1. The summed E-state index contributed by atoms with van der Waals surface area (Å²) in [5, 5.41) is 10.5. The zero-order chi connectivity index (χ0) is 23.8. The van der Waals surface area contributed by atoms with Crippen molar-refractivity contribution in [2.24, 2.45) is 0 Å². The van der Waals surface area contributed by atoms with Gasteiger partial charge < -0.3 is 5.11 Å². The van der Waals surface area contributed by atoms with Crippen LogP contribution in [-0.2, 0) is 33.8 Å². The van der Waals surface area contributed by atoms with Crippen LogP contribution >= 0.6 is 11.3 Å². The van der Waals surface area contributed by atoms with Crippen molar-refractivity contribution in [2.75, 3.05) is 0 Å². The third-order valence-electron chi connectivity index (χ3n) is 5.28. The molecule has 0 fully saturated rings. The second-order valence-electron chi connectivity index (χ2n) is 7.61. The Balaban J connectivity index is 1.59. The van der Waals surface area contributed by atoms with Crippen molar-refractivity contribution in [1.82, 2.24) is 4.72 Å². The van der Waals surface area contributed by atoms with Crippen LogP contribution in [0.15, 0.2) is 64.9 Å². The third kappa shape index (κ3) is 5.18. The lowest BCUT2D eigenvalue weighted by Crippen LogP contribution is -2.36. The van der Waals surface area contributed by atoms with Gasteiger partial charge in [0.1, 0.15) is 0 Å². The van der Waals surface area contributed by atoms with E-state index in [9.17, 15) is 26.4 Å². The van der Waals surface area contributed by atoms with Crippen LogP contribution in [0.1, 0.15) is 22.3 Å². The molecule has 10 heteroatoms. The molecule has 0 spiro atoms. The fourth-order valence-corrected chi connectivity index (χ4v) is 6.03. The fourth-order valence-electron chi connectivity index (χ4n) is 3.86. The van der Waals surface area contributed by atoms with Crippen LogP contribution in [0.4, 0.5) is 13.2 Å². The quantitative estimate of drug-likeness (QED) is 0.475. The summed E-state index contributed by atoms with van der Waals surface area (Å²) in [4.78, 5) is 10.5. The first kappa shape index (κ1) is 23.2. The van der Waals surface area contributed by atoms with Gasteiger partial charge >= 0.3 is 12.1 Å². The average molecular weight is 494 g/mol. The van der Waals surface area contributed by atoms with E-state index in [1.807, 2.05) is 0 Å². The molecule has 0 saturated heterocycles. The van der Waals surface area contributed by atoms with Crippen LogP contribution in [-0.4, -0.2) is 25.5 Å². The largest absolute Gasteiger partial charge is 0.478 e. The van der Waals surface area contributed by atoms with Crippen LogP contribution in [0.25, 0.3) is 16.5 Å². The minimum absolute atomic E-state index is 0.290. The van der Waals surface area contributed by atoms with Crippen molar-refractivity contribution < 1.29 is 31.5 Å². The van der Waals surface area contributed by atoms with E-state index in [0.717, 1.165) is 29.3 Å². The summed E-state index contributed by atoms with van der Waals surface area (Å²) in [5.74, 6) is -1.09. The van der Waals surface area contributed by atoms with Gasteiger partial charge in [-0.05, 0) is 64.8 Å². The molecule has 2 N–H and O–H groups in total. The molecule has 33 heavy (non-hydrogen) atoms. The van der Waals surface area contributed by atoms with Gasteiger partial charge in [-0.3, -0.25) is 0 Å². The van der Waals surface area contributed by atoms with Gasteiger partial charge in [-0.25, -0.2) is 17.9 Å². The topological polar surface area (TPSA) is 83.5 Å². The van der Waals surface area contributed by atoms with Gasteiger partial charge in [0, 0.05) is 17.0 Å². The highest BCUT2D eigenvalue weighted by molar-refractivity contribution is 7.89. The Morgan fingerprint density at radius 3 is 2.52 bits per heavy atom.